The molecule has 1 aliphatic rings. The summed E-state index contributed by atoms with van der Waals surface area (Å²) in [4.78, 5) is 5.96. The zero-order chi connectivity index (χ0) is 17.3. The molecule has 3 rings (SSSR count). The molecule has 1 atom stereocenters. The van der Waals surface area contributed by atoms with Crippen molar-refractivity contribution in [2.75, 3.05) is 13.1 Å². The van der Waals surface area contributed by atoms with Gasteiger partial charge in [0.15, 0.2) is 0 Å². The van der Waals surface area contributed by atoms with Crippen LogP contribution in [0.4, 0.5) is 13.2 Å². The lowest BCUT2D eigenvalue weighted by Gasteiger charge is -2.16. The third-order valence-electron chi connectivity index (χ3n) is 4.14. The van der Waals surface area contributed by atoms with Crippen LogP contribution in [0.25, 0.3) is 0 Å². The van der Waals surface area contributed by atoms with Crippen molar-refractivity contribution in [3.05, 3.63) is 40.9 Å². The minimum Gasteiger partial charge on any atom is -0.473 e. The summed E-state index contributed by atoms with van der Waals surface area (Å²) in [5.41, 5.74) is 1.17. The topological polar surface area (TPSA) is 51.4 Å². The first kappa shape index (κ1) is 16.8. The van der Waals surface area contributed by atoms with Gasteiger partial charge in [-0.05, 0) is 26.3 Å². The second-order valence-electron chi connectivity index (χ2n) is 5.95. The minimum atomic E-state index is -4.38. The van der Waals surface area contributed by atoms with E-state index in [-0.39, 0.29) is 12.0 Å². The predicted octanol–water partition coefficient (Wildman–Crippen LogP) is 3.36. The monoisotopic (exact) mass is 341 g/mol. The normalized spacial score (nSPS) is 19.0. The fraction of sp³-hybridized carbons (Fsp3) is 0.500. The number of alkyl halides is 3. The molecule has 8 heteroatoms. The first-order chi connectivity index (χ1) is 11.3. The van der Waals surface area contributed by atoms with E-state index in [0.29, 0.717) is 6.54 Å². The molecule has 2 aromatic rings. The van der Waals surface area contributed by atoms with Crippen LogP contribution >= 0.6 is 0 Å². The molecule has 0 aromatic carbocycles. The van der Waals surface area contributed by atoms with Crippen molar-refractivity contribution >= 4 is 0 Å². The molecule has 1 saturated heterocycles. The number of ether oxygens (including phenoxy) is 1. The van der Waals surface area contributed by atoms with Crippen molar-refractivity contribution < 1.29 is 22.4 Å². The summed E-state index contributed by atoms with van der Waals surface area (Å²) in [6.45, 7) is 6.04. The highest BCUT2D eigenvalue weighted by molar-refractivity contribution is 5.21. The SMILES string of the molecule is Cc1noc(C)c1CN1CC[C@H](Oc2ccc(C(F)(F)F)cn2)C1. The highest BCUT2D eigenvalue weighted by Gasteiger charge is 2.31. The van der Waals surface area contributed by atoms with Crippen molar-refractivity contribution in [2.45, 2.75) is 39.1 Å². The maximum absolute atomic E-state index is 12.5. The molecule has 130 valence electrons. The van der Waals surface area contributed by atoms with E-state index in [4.69, 9.17) is 9.26 Å². The van der Waals surface area contributed by atoms with Crippen molar-refractivity contribution in [3.63, 3.8) is 0 Å². The van der Waals surface area contributed by atoms with Gasteiger partial charge in [-0.25, -0.2) is 4.98 Å². The van der Waals surface area contributed by atoms with Gasteiger partial charge in [0.1, 0.15) is 11.9 Å². The van der Waals surface area contributed by atoms with Gasteiger partial charge in [0, 0.05) is 37.5 Å². The quantitative estimate of drug-likeness (QED) is 0.853. The molecule has 0 aliphatic carbocycles. The Morgan fingerprint density at radius 2 is 2.12 bits per heavy atom. The second-order valence-corrected chi connectivity index (χ2v) is 5.95. The summed E-state index contributed by atoms with van der Waals surface area (Å²) in [6.07, 6.45) is -2.88. The van der Waals surface area contributed by atoms with Gasteiger partial charge in [0.2, 0.25) is 5.88 Å². The Kier molecular flexibility index (Phi) is 4.49. The number of aryl methyl sites for hydroxylation is 2. The molecular formula is C16H18F3N3O2. The number of pyridine rings is 1. The van der Waals surface area contributed by atoms with E-state index in [1.165, 1.54) is 6.07 Å². The Balaban J connectivity index is 1.56. The number of halogens is 3. The lowest BCUT2D eigenvalue weighted by molar-refractivity contribution is -0.137. The molecule has 0 bridgehead atoms. The number of nitrogens with zero attached hydrogens (tertiary/aromatic N) is 3. The van der Waals surface area contributed by atoms with Gasteiger partial charge >= 0.3 is 6.18 Å². The summed E-state index contributed by atoms with van der Waals surface area (Å²) in [6, 6.07) is 2.25. The minimum absolute atomic E-state index is 0.0882. The Hall–Kier alpha value is -2.09. The Labute approximate surface area is 137 Å². The first-order valence-corrected chi connectivity index (χ1v) is 7.67. The standard InChI is InChI=1S/C16H18F3N3O2/c1-10-14(11(2)24-21-10)9-22-6-5-13(8-22)23-15-4-3-12(7-20-15)16(17,18)19/h3-4,7,13H,5-6,8-9H2,1-2H3/t13-/m0/s1. The molecule has 5 nitrogen and oxygen atoms in total. The smallest absolute Gasteiger partial charge is 0.417 e. The summed E-state index contributed by atoms with van der Waals surface area (Å²) in [5.74, 6) is 1.02. The first-order valence-electron chi connectivity index (χ1n) is 7.67. The van der Waals surface area contributed by atoms with E-state index in [1.54, 1.807) is 0 Å². The predicted molar refractivity (Wildman–Crippen MR) is 79.5 cm³/mol. The van der Waals surface area contributed by atoms with Gasteiger partial charge in [0.25, 0.3) is 0 Å². The van der Waals surface area contributed by atoms with Crippen molar-refractivity contribution in [2.24, 2.45) is 0 Å². The molecule has 1 fully saturated rings. The van der Waals surface area contributed by atoms with Crippen LogP contribution in [0.5, 0.6) is 5.88 Å². The number of aromatic nitrogens is 2. The summed E-state index contributed by atoms with van der Waals surface area (Å²) >= 11 is 0. The summed E-state index contributed by atoms with van der Waals surface area (Å²) in [7, 11) is 0. The van der Waals surface area contributed by atoms with Crippen LogP contribution in [0.3, 0.4) is 0 Å². The molecule has 2 aromatic heterocycles. The number of hydrogen-bond donors (Lipinski definition) is 0. The molecular weight excluding hydrogens is 323 g/mol. The Bertz CT molecular complexity index is 678. The van der Waals surface area contributed by atoms with Crippen LogP contribution < -0.4 is 4.74 Å². The Morgan fingerprint density at radius 1 is 1.33 bits per heavy atom. The van der Waals surface area contributed by atoms with Crippen LogP contribution in [-0.2, 0) is 12.7 Å². The zero-order valence-electron chi connectivity index (χ0n) is 13.4. The highest BCUT2D eigenvalue weighted by Crippen LogP contribution is 2.29. The number of likely N-dealkylation sites (tertiary alicyclic amines) is 1. The second kappa shape index (κ2) is 6.43. The maximum Gasteiger partial charge on any atom is 0.417 e. The van der Waals surface area contributed by atoms with E-state index in [9.17, 15) is 13.2 Å². The van der Waals surface area contributed by atoms with Gasteiger partial charge in [-0.2, -0.15) is 13.2 Å². The number of hydrogen-bond acceptors (Lipinski definition) is 5. The fourth-order valence-electron chi connectivity index (χ4n) is 2.78. The average molecular weight is 341 g/mol. The molecule has 0 spiro atoms. The molecule has 24 heavy (non-hydrogen) atoms. The van der Waals surface area contributed by atoms with E-state index in [0.717, 1.165) is 48.8 Å². The number of rotatable bonds is 4. The molecule has 0 amide bonds. The lowest BCUT2D eigenvalue weighted by Crippen LogP contribution is -2.25. The largest absolute Gasteiger partial charge is 0.473 e. The third kappa shape index (κ3) is 3.69. The molecule has 0 saturated carbocycles. The van der Waals surface area contributed by atoms with Crippen LogP contribution in [0.1, 0.15) is 29.0 Å². The lowest BCUT2D eigenvalue weighted by atomic mass is 10.2. The molecule has 0 unspecified atom stereocenters. The molecule has 0 N–H and O–H groups in total. The summed E-state index contributed by atoms with van der Waals surface area (Å²) < 4.78 is 48.4. The molecule has 0 radical (unpaired) electrons. The van der Waals surface area contributed by atoms with Crippen LogP contribution in [0.2, 0.25) is 0 Å². The summed E-state index contributed by atoms with van der Waals surface area (Å²) in [5, 5.41) is 3.94. The van der Waals surface area contributed by atoms with Gasteiger partial charge in [-0.1, -0.05) is 5.16 Å². The highest BCUT2D eigenvalue weighted by atomic mass is 19.4. The van der Waals surface area contributed by atoms with E-state index in [2.05, 4.69) is 15.0 Å². The third-order valence-corrected chi connectivity index (χ3v) is 4.14. The zero-order valence-corrected chi connectivity index (χ0v) is 13.4. The molecule has 1 aliphatic heterocycles. The maximum atomic E-state index is 12.5. The van der Waals surface area contributed by atoms with Crippen molar-refractivity contribution in [3.8, 4) is 5.88 Å². The Morgan fingerprint density at radius 3 is 2.71 bits per heavy atom. The van der Waals surface area contributed by atoms with E-state index in [1.807, 2.05) is 13.8 Å². The van der Waals surface area contributed by atoms with Gasteiger partial charge in [-0.3, -0.25) is 4.90 Å². The van der Waals surface area contributed by atoms with Gasteiger partial charge in [0.05, 0.1) is 11.3 Å². The van der Waals surface area contributed by atoms with Crippen molar-refractivity contribution in [1.29, 1.82) is 0 Å². The average Bonchev–Trinajstić information content (AvgIpc) is 3.09. The van der Waals surface area contributed by atoms with Crippen LogP contribution in [0.15, 0.2) is 22.9 Å². The van der Waals surface area contributed by atoms with Gasteiger partial charge < -0.3 is 9.26 Å². The van der Waals surface area contributed by atoms with Crippen LogP contribution in [0, 0.1) is 13.8 Å². The van der Waals surface area contributed by atoms with E-state index < -0.39 is 11.7 Å². The van der Waals surface area contributed by atoms with Crippen molar-refractivity contribution in [1.82, 2.24) is 15.0 Å². The fourth-order valence-corrected chi connectivity index (χ4v) is 2.78. The van der Waals surface area contributed by atoms with Gasteiger partial charge in [-0.15, -0.1) is 0 Å². The molecule has 3 heterocycles. The van der Waals surface area contributed by atoms with Crippen LogP contribution in [-0.4, -0.2) is 34.2 Å². The van der Waals surface area contributed by atoms with E-state index >= 15 is 0 Å².